The van der Waals surface area contributed by atoms with Crippen LogP contribution in [-0.4, -0.2) is 30.4 Å². The lowest BCUT2D eigenvalue weighted by Crippen LogP contribution is -2.39. The molecule has 0 aromatic carbocycles. The van der Waals surface area contributed by atoms with E-state index in [1.807, 2.05) is 0 Å². The van der Waals surface area contributed by atoms with E-state index in [9.17, 15) is 13.2 Å². The Labute approximate surface area is 114 Å². The Hall–Kier alpha value is -0.840. The smallest absolute Gasteiger partial charge is 0.259 e. The maximum Gasteiger partial charge on any atom is 0.259 e. The third kappa shape index (κ3) is 1.34. The first kappa shape index (κ1) is 13.2. The number of fused-ring (bicyclic) bond motifs is 1. The number of nitrogens with zero attached hydrogens (tertiary/aromatic N) is 1. The molecule has 19 heavy (non-hydrogen) atoms. The molecule has 3 unspecified atom stereocenters. The standard InChI is InChI=1S/C14H21NO3S/c1-4-5-12(16)15-9-14-7-6-10(13(14,2)3)8-11(14)19(15,17)18/h4-5,10-11H,6-9H2,1-3H3. The normalized spacial score (nSPS) is 41.9. The third-order valence-corrected chi connectivity index (χ3v) is 8.29. The second-order valence-corrected chi connectivity index (χ2v) is 8.77. The molecule has 2 aliphatic carbocycles. The molecule has 2 bridgehead atoms. The van der Waals surface area contributed by atoms with Crippen molar-refractivity contribution in [3.63, 3.8) is 0 Å². The van der Waals surface area contributed by atoms with Crippen LogP contribution in [0.3, 0.4) is 0 Å². The predicted octanol–water partition coefficient (Wildman–Crippen LogP) is 1.93. The van der Waals surface area contributed by atoms with Crippen LogP contribution in [0.25, 0.3) is 0 Å². The molecule has 1 spiro atoms. The van der Waals surface area contributed by atoms with Gasteiger partial charge in [-0.3, -0.25) is 4.79 Å². The Bertz CT molecular complexity index is 563. The second kappa shape index (κ2) is 3.62. The Balaban J connectivity index is 2.07. The molecule has 3 fully saturated rings. The minimum absolute atomic E-state index is 0.0235. The molecule has 1 aliphatic heterocycles. The van der Waals surface area contributed by atoms with Gasteiger partial charge in [0, 0.05) is 12.0 Å². The summed E-state index contributed by atoms with van der Waals surface area (Å²) in [5, 5.41) is -0.344. The summed E-state index contributed by atoms with van der Waals surface area (Å²) in [5.74, 6) is 0.108. The van der Waals surface area contributed by atoms with Crippen molar-refractivity contribution < 1.29 is 13.2 Å². The summed E-state index contributed by atoms with van der Waals surface area (Å²) in [6, 6.07) is 0. The first-order valence-electron chi connectivity index (χ1n) is 6.95. The van der Waals surface area contributed by atoms with E-state index < -0.39 is 10.0 Å². The van der Waals surface area contributed by atoms with Crippen molar-refractivity contribution in [2.45, 2.75) is 45.3 Å². The zero-order valence-electron chi connectivity index (χ0n) is 11.7. The Morgan fingerprint density at radius 3 is 2.58 bits per heavy atom. The number of carbonyl (C=O) groups is 1. The van der Waals surface area contributed by atoms with E-state index in [1.54, 1.807) is 13.0 Å². The van der Waals surface area contributed by atoms with Gasteiger partial charge in [0.2, 0.25) is 10.0 Å². The molecule has 0 radical (unpaired) electrons. The topological polar surface area (TPSA) is 54.5 Å². The average Bonchev–Trinajstić information content (AvgIpc) is 2.81. The average molecular weight is 283 g/mol. The molecular formula is C14H21NO3S. The monoisotopic (exact) mass is 283 g/mol. The van der Waals surface area contributed by atoms with Gasteiger partial charge in [0.1, 0.15) is 0 Å². The Morgan fingerprint density at radius 1 is 1.37 bits per heavy atom. The SMILES string of the molecule is CC=CC(=O)N1CC23CCC(CC2S1(=O)=O)C3(C)C. The quantitative estimate of drug-likeness (QED) is 0.691. The van der Waals surface area contributed by atoms with Gasteiger partial charge in [-0.2, -0.15) is 0 Å². The molecule has 0 N–H and O–H groups in total. The molecule has 5 heteroatoms. The summed E-state index contributed by atoms with van der Waals surface area (Å²) in [6.07, 6.45) is 5.73. The fourth-order valence-corrected chi connectivity index (χ4v) is 7.28. The molecular weight excluding hydrogens is 262 g/mol. The van der Waals surface area contributed by atoms with Crippen LogP contribution in [0.5, 0.6) is 0 Å². The van der Waals surface area contributed by atoms with E-state index in [2.05, 4.69) is 13.8 Å². The van der Waals surface area contributed by atoms with Gasteiger partial charge in [-0.05, 0) is 43.6 Å². The van der Waals surface area contributed by atoms with E-state index in [-0.39, 0.29) is 22.0 Å². The lowest BCUT2D eigenvalue weighted by Gasteiger charge is -2.36. The van der Waals surface area contributed by atoms with Gasteiger partial charge in [0.05, 0.1) is 5.25 Å². The summed E-state index contributed by atoms with van der Waals surface area (Å²) in [6.45, 7) is 6.48. The van der Waals surface area contributed by atoms with E-state index in [0.717, 1.165) is 23.6 Å². The van der Waals surface area contributed by atoms with E-state index >= 15 is 0 Å². The largest absolute Gasteiger partial charge is 0.269 e. The van der Waals surface area contributed by atoms with Gasteiger partial charge < -0.3 is 0 Å². The van der Waals surface area contributed by atoms with Crippen molar-refractivity contribution in [3.8, 4) is 0 Å². The molecule has 1 amide bonds. The highest BCUT2D eigenvalue weighted by molar-refractivity contribution is 7.90. The number of rotatable bonds is 1. The van der Waals surface area contributed by atoms with Crippen molar-refractivity contribution in [1.29, 1.82) is 0 Å². The number of carbonyl (C=O) groups excluding carboxylic acids is 1. The zero-order chi connectivity index (χ0) is 14.1. The van der Waals surface area contributed by atoms with Crippen LogP contribution >= 0.6 is 0 Å². The van der Waals surface area contributed by atoms with E-state index in [0.29, 0.717) is 12.5 Å². The summed E-state index contributed by atoms with van der Waals surface area (Å²) in [5.41, 5.74) is -0.191. The van der Waals surface area contributed by atoms with Crippen LogP contribution in [0.4, 0.5) is 0 Å². The maximum absolute atomic E-state index is 12.6. The van der Waals surface area contributed by atoms with Crippen molar-refractivity contribution in [1.82, 2.24) is 4.31 Å². The van der Waals surface area contributed by atoms with Gasteiger partial charge in [-0.1, -0.05) is 19.9 Å². The molecule has 4 nitrogen and oxygen atoms in total. The molecule has 106 valence electrons. The van der Waals surface area contributed by atoms with Gasteiger partial charge in [-0.15, -0.1) is 0 Å². The van der Waals surface area contributed by atoms with Crippen molar-refractivity contribution in [3.05, 3.63) is 12.2 Å². The fourth-order valence-electron chi connectivity index (χ4n) is 4.71. The predicted molar refractivity (Wildman–Crippen MR) is 72.8 cm³/mol. The molecule has 0 aromatic rings. The van der Waals surface area contributed by atoms with Gasteiger partial charge in [-0.25, -0.2) is 12.7 Å². The van der Waals surface area contributed by atoms with Crippen LogP contribution in [0.15, 0.2) is 12.2 Å². The molecule has 2 saturated carbocycles. The maximum atomic E-state index is 12.6. The van der Waals surface area contributed by atoms with Crippen LogP contribution < -0.4 is 0 Å². The van der Waals surface area contributed by atoms with Crippen molar-refractivity contribution in [2.24, 2.45) is 16.7 Å². The lowest BCUT2D eigenvalue weighted by molar-refractivity contribution is -0.122. The first-order chi connectivity index (χ1) is 8.77. The highest BCUT2D eigenvalue weighted by Gasteiger charge is 2.72. The molecule has 3 atom stereocenters. The van der Waals surface area contributed by atoms with E-state index in [1.165, 1.54) is 6.08 Å². The number of hydrogen-bond acceptors (Lipinski definition) is 3. The van der Waals surface area contributed by atoms with Crippen LogP contribution in [-0.2, 0) is 14.8 Å². The van der Waals surface area contributed by atoms with Crippen LogP contribution in [0.1, 0.15) is 40.0 Å². The van der Waals surface area contributed by atoms with Crippen LogP contribution in [0, 0.1) is 16.7 Å². The Kier molecular flexibility index (Phi) is 2.51. The van der Waals surface area contributed by atoms with Crippen molar-refractivity contribution >= 4 is 15.9 Å². The summed E-state index contributed by atoms with van der Waals surface area (Å²) < 4.78 is 26.4. The molecule has 1 saturated heterocycles. The van der Waals surface area contributed by atoms with Gasteiger partial charge in [0.25, 0.3) is 5.91 Å². The number of amides is 1. The highest BCUT2D eigenvalue weighted by atomic mass is 32.2. The first-order valence-corrected chi connectivity index (χ1v) is 8.46. The van der Waals surface area contributed by atoms with Crippen LogP contribution in [0.2, 0.25) is 0 Å². The minimum atomic E-state index is -3.46. The number of allylic oxidation sites excluding steroid dienone is 1. The molecule has 3 rings (SSSR count). The summed E-state index contributed by atoms with van der Waals surface area (Å²) >= 11 is 0. The van der Waals surface area contributed by atoms with Gasteiger partial charge in [0.15, 0.2) is 0 Å². The van der Waals surface area contributed by atoms with Crippen molar-refractivity contribution in [2.75, 3.05) is 6.54 Å². The lowest BCUT2D eigenvalue weighted by atomic mass is 9.69. The summed E-state index contributed by atoms with van der Waals surface area (Å²) in [7, 11) is -3.46. The van der Waals surface area contributed by atoms with Gasteiger partial charge >= 0.3 is 0 Å². The second-order valence-electron chi connectivity index (χ2n) is 6.73. The fraction of sp³-hybridized carbons (Fsp3) is 0.786. The summed E-state index contributed by atoms with van der Waals surface area (Å²) in [4.78, 5) is 12.0. The Morgan fingerprint density at radius 2 is 2.05 bits per heavy atom. The van der Waals surface area contributed by atoms with E-state index in [4.69, 9.17) is 0 Å². The number of sulfonamides is 1. The molecule has 0 aromatic heterocycles. The minimum Gasteiger partial charge on any atom is -0.269 e. The number of hydrogen-bond donors (Lipinski definition) is 0. The molecule has 3 aliphatic rings. The third-order valence-electron chi connectivity index (χ3n) is 6.01. The molecule has 1 heterocycles. The zero-order valence-corrected chi connectivity index (χ0v) is 12.5. The highest BCUT2D eigenvalue weighted by Crippen LogP contribution is 2.70.